The lowest BCUT2D eigenvalue weighted by atomic mass is 10.1. The van der Waals surface area contributed by atoms with Gasteiger partial charge in [-0.2, -0.15) is 0 Å². The highest BCUT2D eigenvalue weighted by Gasteiger charge is 2.32. The summed E-state index contributed by atoms with van der Waals surface area (Å²) in [4.78, 5) is 28.2. The summed E-state index contributed by atoms with van der Waals surface area (Å²) in [7, 11) is -4.12. The van der Waals surface area contributed by atoms with E-state index in [1.165, 1.54) is 29.2 Å². The third-order valence-corrected chi connectivity index (χ3v) is 8.12. The number of hydrogen-bond donors (Lipinski definition) is 1. The van der Waals surface area contributed by atoms with Crippen molar-refractivity contribution in [3.63, 3.8) is 0 Å². The Balaban J connectivity index is 1.97. The summed E-state index contributed by atoms with van der Waals surface area (Å²) in [5.74, 6) is -0.783. The minimum Gasteiger partial charge on any atom is -0.352 e. The maximum Gasteiger partial charge on any atom is 0.264 e. The highest BCUT2D eigenvalue weighted by atomic mass is 35.5. The van der Waals surface area contributed by atoms with Gasteiger partial charge in [0, 0.05) is 17.6 Å². The molecular formula is C29H34ClN3O4S. The average molecular weight is 556 g/mol. The highest BCUT2D eigenvalue weighted by Crippen LogP contribution is 2.25. The molecule has 3 rings (SSSR count). The zero-order chi connectivity index (χ0) is 27.9. The Bertz CT molecular complexity index is 1330. The van der Waals surface area contributed by atoms with Crippen LogP contribution in [0, 0.1) is 6.92 Å². The van der Waals surface area contributed by atoms with E-state index in [0.29, 0.717) is 17.1 Å². The topological polar surface area (TPSA) is 86.8 Å². The van der Waals surface area contributed by atoms with Gasteiger partial charge in [0.05, 0.1) is 10.6 Å². The average Bonchev–Trinajstić information content (AvgIpc) is 2.88. The van der Waals surface area contributed by atoms with Crippen molar-refractivity contribution in [1.29, 1.82) is 0 Å². The quantitative estimate of drug-likeness (QED) is 0.367. The van der Waals surface area contributed by atoms with Gasteiger partial charge in [0.15, 0.2) is 0 Å². The van der Waals surface area contributed by atoms with Crippen LogP contribution in [-0.4, -0.2) is 50.3 Å². The molecule has 0 aromatic heterocycles. The van der Waals surface area contributed by atoms with Crippen LogP contribution in [0.5, 0.6) is 0 Å². The van der Waals surface area contributed by atoms with E-state index in [9.17, 15) is 18.0 Å². The van der Waals surface area contributed by atoms with Gasteiger partial charge < -0.3 is 10.2 Å². The Morgan fingerprint density at radius 3 is 2.08 bits per heavy atom. The van der Waals surface area contributed by atoms with Gasteiger partial charge in [0.1, 0.15) is 12.6 Å². The molecule has 1 atom stereocenters. The molecule has 0 aliphatic heterocycles. The summed E-state index contributed by atoms with van der Waals surface area (Å²) in [6.45, 7) is 7.02. The maximum atomic E-state index is 13.8. The molecule has 0 aliphatic carbocycles. The van der Waals surface area contributed by atoms with Crippen molar-refractivity contribution in [3.8, 4) is 0 Å². The number of aryl methyl sites for hydroxylation is 1. The van der Waals surface area contributed by atoms with Crippen molar-refractivity contribution in [3.05, 3.63) is 95.0 Å². The summed E-state index contributed by atoms with van der Waals surface area (Å²) < 4.78 is 28.6. The Hall–Kier alpha value is -3.36. The second-order valence-electron chi connectivity index (χ2n) is 9.46. The fraction of sp³-hybridized carbons (Fsp3) is 0.310. The van der Waals surface area contributed by atoms with Crippen LogP contribution in [0.15, 0.2) is 83.8 Å². The van der Waals surface area contributed by atoms with Gasteiger partial charge in [-0.3, -0.25) is 13.9 Å². The van der Waals surface area contributed by atoms with Crippen molar-refractivity contribution in [1.82, 2.24) is 10.2 Å². The third kappa shape index (κ3) is 7.58. The van der Waals surface area contributed by atoms with Crippen LogP contribution in [0.2, 0.25) is 5.02 Å². The molecule has 38 heavy (non-hydrogen) atoms. The largest absolute Gasteiger partial charge is 0.352 e. The van der Waals surface area contributed by atoms with E-state index >= 15 is 0 Å². The lowest BCUT2D eigenvalue weighted by Crippen LogP contribution is -2.53. The van der Waals surface area contributed by atoms with Gasteiger partial charge >= 0.3 is 0 Å². The number of anilines is 1. The zero-order valence-electron chi connectivity index (χ0n) is 22.1. The maximum absolute atomic E-state index is 13.8. The van der Waals surface area contributed by atoms with Crippen LogP contribution >= 0.6 is 11.6 Å². The van der Waals surface area contributed by atoms with Crippen molar-refractivity contribution < 1.29 is 18.0 Å². The molecule has 0 heterocycles. The van der Waals surface area contributed by atoms with Crippen molar-refractivity contribution in [2.75, 3.05) is 17.4 Å². The zero-order valence-corrected chi connectivity index (χ0v) is 23.7. The van der Waals surface area contributed by atoms with Crippen LogP contribution in [-0.2, 0) is 26.0 Å². The van der Waals surface area contributed by atoms with E-state index < -0.39 is 28.5 Å². The number of nitrogens with zero attached hydrogens (tertiary/aromatic N) is 2. The fourth-order valence-corrected chi connectivity index (χ4v) is 5.49. The molecule has 0 bridgehead atoms. The van der Waals surface area contributed by atoms with E-state index in [4.69, 9.17) is 11.6 Å². The van der Waals surface area contributed by atoms with Gasteiger partial charge in [-0.15, -0.1) is 0 Å². The van der Waals surface area contributed by atoms with Crippen LogP contribution in [0.4, 0.5) is 5.69 Å². The summed E-state index contributed by atoms with van der Waals surface area (Å²) in [5.41, 5.74) is 2.31. The van der Waals surface area contributed by atoms with E-state index in [2.05, 4.69) is 5.32 Å². The van der Waals surface area contributed by atoms with Crippen molar-refractivity contribution in [2.45, 2.75) is 51.1 Å². The standard InChI is InChI=1S/C29H34ClN3O4S/c1-21(2)31-29(35)23(4)32(19-18-24-8-6-5-7-9-24)28(34)20-33(26-14-10-22(3)11-15-26)38(36,37)27-16-12-25(30)13-17-27/h5-17,21,23H,18-20H2,1-4H3,(H,31,35). The lowest BCUT2D eigenvalue weighted by Gasteiger charge is -2.32. The number of sulfonamides is 1. The molecule has 3 aromatic carbocycles. The molecule has 0 radical (unpaired) electrons. The smallest absolute Gasteiger partial charge is 0.264 e. The molecule has 202 valence electrons. The van der Waals surface area contributed by atoms with Gasteiger partial charge in [-0.05, 0) is 76.1 Å². The molecule has 1 unspecified atom stereocenters. The molecular weight excluding hydrogens is 522 g/mol. The van der Waals surface area contributed by atoms with Crippen molar-refractivity contribution >= 4 is 39.1 Å². The number of carbonyl (C=O) groups excluding carboxylic acids is 2. The summed E-state index contributed by atoms with van der Waals surface area (Å²) in [5, 5.41) is 3.25. The number of amides is 2. The van der Waals surface area contributed by atoms with Gasteiger partial charge in [-0.1, -0.05) is 59.6 Å². The molecule has 0 saturated carbocycles. The van der Waals surface area contributed by atoms with Crippen LogP contribution < -0.4 is 9.62 Å². The third-order valence-electron chi connectivity index (χ3n) is 6.08. The molecule has 0 aliphatic rings. The number of halogens is 1. The molecule has 0 saturated heterocycles. The molecule has 0 fully saturated rings. The predicted molar refractivity (Wildman–Crippen MR) is 152 cm³/mol. The first kappa shape index (κ1) is 29.2. The second-order valence-corrected chi connectivity index (χ2v) is 11.8. The molecule has 3 aromatic rings. The van der Waals surface area contributed by atoms with E-state index in [1.807, 2.05) is 51.1 Å². The Morgan fingerprint density at radius 2 is 1.50 bits per heavy atom. The molecule has 9 heteroatoms. The van der Waals surface area contributed by atoms with Gasteiger partial charge in [-0.25, -0.2) is 8.42 Å². The first-order chi connectivity index (χ1) is 18.0. The van der Waals surface area contributed by atoms with Crippen molar-refractivity contribution in [2.24, 2.45) is 0 Å². The minimum absolute atomic E-state index is 0.0108. The Morgan fingerprint density at radius 1 is 0.895 bits per heavy atom. The van der Waals surface area contributed by atoms with E-state index in [-0.39, 0.29) is 23.4 Å². The Labute approximate surface area is 230 Å². The van der Waals surface area contributed by atoms with Gasteiger partial charge in [0.2, 0.25) is 11.8 Å². The Kier molecular flexibility index (Phi) is 9.94. The molecule has 1 N–H and O–H groups in total. The summed E-state index contributed by atoms with van der Waals surface area (Å²) in [6.07, 6.45) is 0.514. The second kappa shape index (κ2) is 12.9. The van der Waals surface area contributed by atoms with Crippen LogP contribution in [0.1, 0.15) is 31.9 Å². The number of carbonyl (C=O) groups is 2. The number of benzene rings is 3. The van der Waals surface area contributed by atoms with E-state index in [0.717, 1.165) is 15.4 Å². The SMILES string of the molecule is Cc1ccc(N(CC(=O)N(CCc2ccccc2)C(C)C(=O)NC(C)C)S(=O)(=O)c2ccc(Cl)cc2)cc1. The van der Waals surface area contributed by atoms with Crippen LogP contribution in [0.3, 0.4) is 0 Å². The van der Waals surface area contributed by atoms with Gasteiger partial charge in [0.25, 0.3) is 10.0 Å². The van der Waals surface area contributed by atoms with Crippen LogP contribution in [0.25, 0.3) is 0 Å². The molecule has 2 amide bonds. The number of hydrogen-bond acceptors (Lipinski definition) is 4. The predicted octanol–water partition coefficient (Wildman–Crippen LogP) is 4.83. The normalized spacial score (nSPS) is 12.2. The fourth-order valence-electron chi connectivity index (χ4n) is 3.95. The summed E-state index contributed by atoms with van der Waals surface area (Å²) in [6, 6.07) is 21.4. The molecule has 0 spiro atoms. The monoisotopic (exact) mass is 555 g/mol. The lowest BCUT2D eigenvalue weighted by molar-refractivity contribution is -0.139. The number of rotatable bonds is 11. The first-order valence-electron chi connectivity index (χ1n) is 12.5. The first-order valence-corrected chi connectivity index (χ1v) is 14.3. The highest BCUT2D eigenvalue weighted by molar-refractivity contribution is 7.92. The summed E-state index contributed by atoms with van der Waals surface area (Å²) >= 11 is 5.98. The number of nitrogens with one attached hydrogen (secondary N) is 1. The van der Waals surface area contributed by atoms with E-state index in [1.54, 1.807) is 31.2 Å². The molecule has 7 nitrogen and oxygen atoms in total. The minimum atomic E-state index is -4.12.